The fourth-order valence-electron chi connectivity index (χ4n) is 3.65. The van der Waals surface area contributed by atoms with Gasteiger partial charge in [0.25, 0.3) is 0 Å². The van der Waals surface area contributed by atoms with Crippen molar-refractivity contribution in [3.05, 3.63) is 58.7 Å². The van der Waals surface area contributed by atoms with E-state index in [1.54, 1.807) is 0 Å². The molecule has 0 amide bonds. The Labute approximate surface area is 132 Å². The molecule has 2 nitrogen and oxygen atoms in total. The number of hydrogen-bond acceptors (Lipinski definition) is 2. The lowest BCUT2D eigenvalue weighted by Gasteiger charge is -2.18. The van der Waals surface area contributed by atoms with Gasteiger partial charge in [-0.25, -0.2) is 0 Å². The van der Waals surface area contributed by atoms with Crippen molar-refractivity contribution in [1.82, 2.24) is 0 Å². The van der Waals surface area contributed by atoms with Gasteiger partial charge < -0.3 is 4.74 Å². The Balaban J connectivity index is 2.12. The number of ether oxygens (including phenoxy) is 1. The Morgan fingerprint density at radius 1 is 1.23 bits per heavy atom. The number of esters is 1. The summed E-state index contributed by atoms with van der Waals surface area (Å²) in [7, 11) is 1.48. The van der Waals surface area contributed by atoms with Crippen LogP contribution in [0, 0.1) is 6.92 Å². The van der Waals surface area contributed by atoms with E-state index in [0.717, 1.165) is 24.8 Å². The first kappa shape index (κ1) is 14.8. The van der Waals surface area contributed by atoms with Gasteiger partial charge in [0.1, 0.15) is 0 Å². The number of benzene rings is 2. The highest BCUT2D eigenvalue weighted by molar-refractivity contribution is 5.84. The van der Waals surface area contributed by atoms with Gasteiger partial charge in [0.05, 0.1) is 13.0 Å². The van der Waals surface area contributed by atoms with E-state index < -0.39 is 0 Å². The van der Waals surface area contributed by atoms with E-state index in [9.17, 15) is 4.79 Å². The van der Waals surface area contributed by atoms with Crippen LogP contribution in [0.15, 0.2) is 36.4 Å². The first-order valence-electron chi connectivity index (χ1n) is 7.95. The van der Waals surface area contributed by atoms with Gasteiger partial charge in [0, 0.05) is 0 Å². The van der Waals surface area contributed by atoms with Crippen LogP contribution in [-0.2, 0) is 16.0 Å². The quantitative estimate of drug-likeness (QED) is 0.656. The van der Waals surface area contributed by atoms with Crippen molar-refractivity contribution in [2.24, 2.45) is 0 Å². The average Bonchev–Trinajstić information content (AvgIpc) is 2.92. The summed E-state index contributed by atoms with van der Waals surface area (Å²) in [5, 5.41) is 0. The molecule has 0 saturated heterocycles. The normalized spacial score (nSPS) is 13.4. The summed E-state index contributed by atoms with van der Waals surface area (Å²) >= 11 is 0. The lowest BCUT2D eigenvalue weighted by Crippen LogP contribution is -2.15. The average molecular weight is 294 g/mol. The van der Waals surface area contributed by atoms with E-state index in [0.29, 0.717) is 0 Å². The lowest BCUT2D eigenvalue weighted by molar-refractivity contribution is -0.142. The van der Waals surface area contributed by atoms with Gasteiger partial charge in [-0.1, -0.05) is 49.7 Å². The zero-order valence-electron chi connectivity index (χ0n) is 13.5. The third-order valence-electron chi connectivity index (χ3n) is 4.65. The number of hydrogen-bond donors (Lipinski definition) is 0. The van der Waals surface area contributed by atoms with Gasteiger partial charge in [-0.3, -0.25) is 4.79 Å². The molecule has 3 rings (SSSR count). The number of methoxy groups -OCH3 is 1. The highest BCUT2D eigenvalue weighted by Crippen LogP contribution is 2.42. The van der Waals surface area contributed by atoms with Crippen LogP contribution < -0.4 is 0 Å². The van der Waals surface area contributed by atoms with Crippen molar-refractivity contribution in [3.63, 3.8) is 0 Å². The van der Waals surface area contributed by atoms with Gasteiger partial charge >= 0.3 is 5.97 Å². The highest BCUT2D eigenvalue weighted by Gasteiger charge is 2.28. The summed E-state index contributed by atoms with van der Waals surface area (Å²) in [5.41, 5.74) is 7.74. The van der Waals surface area contributed by atoms with Crippen molar-refractivity contribution >= 4 is 5.97 Å². The maximum Gasteiger partial charge on any atom is 0.313 e. The molecule has 2 aromatic carbocycles. The zero-order chi connectivity index (χ0) is 15.7. The molecule has 2 heteroatoms. The van der Waals surface area contributed by atoms with Crippen LogP contribution in [0.5, 0.6) is 0 Å². The van der Waals surface area contributed by atoms with Crippen molar-refractivity contribution < 1.29 is 9.53 Å². The molecule has 0 fully saturated rings. The van der Waals surface area contributed by atoms with Crippen LogP contribution in [0.1, 0.15) is 47.9 Å². The fraction of sp³-hybridized carbons (Fsp3) is 0.350. The third kappa shape index (κ3) is 2.33. The van der Waals surface area contributed by atoms with Crippen molar-refractivity contribution in [2.45, 2.75) is 39.0 Å². The van der Waals surface area contributed by atoms with E-state index in [-0.39, 0.29) is 11.9 Å². The van der Waals surface area contributed by atoms with Crippen LogP contribution in [0.3, 0.4) is 0 Å². The molecule has 0 bridgehead atoms. The topological polar surface area (TPSA) is 26.3 Å². The minimum Gasteiger partial charge on any atom is -0.469 e. The summed E-state index contributed by atoms with van der Waals surface area (Å²) in [4.78, 5) is 12.2. The molecule has 1 aliphatic carbocycles. The van der Waals surface area contributed by atoms with Crippen LogP contribution in [0.4, 0.5) is 0 Å². The van der Waals surface area contributed by atoms with Crippen molar-refractivity contribution in [3.8, 4) is 11.1 Å². The molecule has 0 aromatic heterocycles. The van der Waals surface area contributed by atoms with Crippen LogP contribution >= 0.6 is 0 Å². The molecule has 0 spiro atoms. The number of fused-ring (bicyclic) bond motifs is 3. The molecule has 1 aliphatic rings. The summed E-state index contributed by atoms with van der Waals surface area (Å²) in [6.07, 6.45) is 2.72. The predicted octanol–water partition coefficient (Wildman–Crippen LogP) is 4.62. The summed E-state index contributed by atoms with van der Waals surface area (Å²) < 4.78 is 5.04. The molecule has 0 radical (unpaired) electrons. The molecule has 0 saturated carbocycles. The van der Waals surface area contributed by atoms with Gasteiger partial charge in [-0.2, -0.15) is 0 Å². The minimum atomic E-state index is -0.153. The Kier molecular flexibility index (Phi) is 4.02. The second-order valence-corrected chi connectivity index (χ2v) is 6.02. The highest BCUT2D eigenvalue weighted by atomic mass is 16.5. The van der Waals surface area contributed by atoms with Crippen LogP contribution in [0.25, 0.3) is 11.1 Å². The van der Waals surface area contributed by atoms with E-state index in [1.165, 1.54) is 34.9 Å². The molecular weight excluding hydrogens is 272 g/mol. The standard InChI is InChI=1S/C20H22O2/c1-4-7-17(20(21)22-3)15-10-6-11-16-18(15)12-14-9-5-8-13(2)19(14)16/h5-6,8-11,17H,4,7,12H2,1-3H3. The Morgan fingerprint density at radius 2 is 2.00 bits per heavy atom. The molecule has 2 aromatic rings. The fourth-order valence-corrected chi connectivity index (χ4v) is 3.65. The molecule has 0 aliphatic heterocycles. The predicted molar refractivity (Wildman–Crippen MR) is 89.1 cm³/mol. The first-order valence-corrected chi connectivity index (χ1v) is 7.95. The Hall–Kier alpha value is -2.09. The zero-order valence-corrected chi connectivity index (χ0v) is 13.5. The summed E-state index contributed by atoms with van der Waals surface area (Å²) in [6, 6.07) is 12.8. The van der Waals surface area contributed by atoms with Gasteiger partial charge in [-0.15, -0.1) is 0 Å². The molecule has 114 valence electrons. The Morgan fingerprint density at radius 3 is 2.73 bits per heavy atom. The second kappa shape index (κ2) is 5.96. The van der Waals surface area contributed by atoms with E-state index >= 15 is 0 Å². The minimum absolute atomic E-state index is 0.122. The molecule has 1 atom stereocenters. The van der Waals surface area contributed by atoms with Crippen molar-refractivity contribution in [2.75, 3.05) is 7.11 Å². The van der Waals surface area contributed by atoms with E-state index in [1.807, 2.05) is 0 Å². The molecule has 0 N–H and O–H groups in total. The molecule has 0 heterocycles. The first-order chi connectivity index (χ1) is 10.7. The molecule has 1 unspecified atom stereocenters. The van der Waals surface area contributed by atoms with E-state index in [2.05, 4.69) is 50.2 Å². The number of carbonyl (C=O) groups is 1. The third-order valence-corrected chi connectivity index (χ3v) is 4.65. The van der Waals surface area contributed by atoms with Gasteiger partial charge in [0.15, 0.2) is 0 Å². The SMILES string of the molecule is CCCC(C(=O)OC)c1cccc2c1Cc1cccc(C)c1-2. The van der Waals surface area contributed by atoms with Crippen molar-refractivity contribution in [1.29, 1.82) is 0 Å². The monoisotopic (exact) mass is 294 g/mol. The summed E-state index contributed by atoms with van der Waals surface area (Å²) in [5.74, 6) is -0.275. The number of rotatable bonds is 4. The number of carbonyl (C=O) groups excluding carboxylic acids is 1. The van der Waals surface area contributed by atoms with E-state index in [4.69, 9.17) is 4.74 Å². The van der Waals surface area contributed by atoms with Crippen LogP contribution in [-0.4, -0.2) is 13.1 Å². The number of aryl methyl sites for hydroxylation is 1. The molecular formula is C20H22O2. The van der Waals surface area contributed by atoms with Crippen LogP contribution in [0.2, 0.25) is 0 Å². The maximum atomic E-state index is 12.2. The maximum absolute atomic E-state index is 12.2. The second-order valence-electron chi connectivity index (χ2n) is 6.02. The largest absolute Gasteiger partial charge is 0.469 e. The van der Waals surface area contributed by atoms with Gasteiger partial charge in [-0.05, 0) is 53.1 Å². The summed E-state index contributed by atoms with van der Waals surface area (Å²) in [6.45, 7) is 4.27. The lowest BCUT2D eigenvalue weighted by atomic mass is 9.88. The Bertz CT molecular complexity index is 716. The van der Waals surface area contributed by atoms with Gasteiger partial charge in [0.2, 0.25) is 0 Å². The molecule has 22 heavy (non-hydrogen) atoms. The smallest absolute Gasteiger partial charge is 0.313 e.